The second-order valence-corrected chi connectivity index (χ2v) is 5.25. The average molecular weight is 305 g/mol. The van der Waals surface area contributed by atoms with Crippen molar-refractivity contribution in [1.82, 2.24) is 10.6 Å². The van der Waals surface area contributed by atoms with Crippen LogP contribution in [0.3, 0.4) is 0 Å². The van der Waals surface area contributed by atoms with Crippen LogP contribution in [-0.4, -0.2) is 11.7 Å². The SMILES string of the molecule is S=C(NCCc1ccccc1Cl)NCc1ccccc1. The van der Waals surface area contributed by atoms with E-state index < -0.39 is 0 Å². The molecule has 20 heavy (non-hydrogen) atoms. The summed E-state index contributed by atoms with van der Waals surface area (Å²) in [6.07, 6.45) is 0.854. The summed E-state index contributed by atoms with van der Waals surface area (Å²) in [5.74, 6) is 0. The Labute approximate surface area is 130 Å². The maximum absolute atomic E-state index is 6.10. The van der Waals surface area contributed by atoms with Crippen LogP contribution in [-0.2, 0) is 13.0 Å². The van der Waals surface area contributed by atoms with Gasteiger partial charge in [0.1, 0.15) is 0 Å². The average Bonchev–Trinajstić information content (AvgIpc) is 2.48. The Morgan fingerprint density at radius 2 is 1.65 bits per heavy atom. The van der Waals surface area contributed by atoms with Crippen molar-refractivity contribution in [2.75, 3.05) is 6.54 Å². The summed E-state index contributed by atoms with van der Waals surface area (Å²) in [5, 5.41) is 7.85. The van der Waals surface area contributed by atoms with Gasteiger partial charge in [-0.1, -0.05) is 60.1 Å². The molecule has 2 aromatic rings. The van der Waals surface area contributed by atoms with Gasteiger partial charge in [-0.25, -0.2) is 0 Å². The summed E-state index contributed by atoms with van der Waals surface area (Å²) >= 11 is 11.4. The van der Waals surface area contributed by atoms with Crippen molar-refractivity contribution in [2.45, 2.75) is 13.0 Å². The van der Waals surface area contributed by atoms with Crippen molar-refractivity contribution in [2.24, 2.45) is 0 Å². The van der Waals surface area contributed by atoms with Crippen molar-refractivity contribution in [3.8, 4) is 0 Å². The lowest BCUT2D eigenvalue weighted by Gasteiger charge is -2.11. The first-order valence-electron chi connectivity index (χ1n) is 6.55. The molecule has 2 rings (SSSR count). The lowest BCUT2D eigenvalue weighted by Crippen LogP contribution is -2.35. The molecule has 2 nitrogen and oxygen atoms in total. The lowest BCUT2D eigenvalue weighted by molar-refractivity contribution is 0.815. The normalized spacial score (nSPS) is 10.1. The van der Waals surface area contributed by atoms with Gasteiger partial charge >= 0.3 is 0 Å². The standard InChI is InChI=1S/C16H17ClN2S/c17-15-9-5-4-8-14(15)10-11-18-16(20)19-12-13-6-2-1-3-7-13/h1-9H,10-12H2,(H2,18,19,20). The minimum absolute atomic E-state index is 0.668. The molecule has 0 fully saturated rings. The van der Waals surface area contributed by atoms with Crippen molar-refractivity contribution >= 4 is 28.9 Å². The van der Waals surface area contributed by atoms with Gasteiger partial charge in [0.2, 0.25) is 0 Å². The smallest absolute Gasteiger partial charge is 0.166 e. The number of benzene rings is 2. The zero-order valence-electron chi connectivity index (χ0n) is 11.1. The topological polar surface area (TPSA) is 24.1 Å². The highest BCUT2D eigenvalue weighted by atomic mass is 35.5. The summed E-state index contributed by atoms with van der Waals surface area (Å²) in [6.45, 7) is 1.50. The van der Waals surface area contributed by atoms with E-state index in [0.29, 0.717) is 5.11 Å². The van der Waals surface area contributed by atoms with Gasteiger partial charge in [0, 0.05) is 18.1 Å². The second kappa shape index (κ2) is 7.88. The first-order chi connectivity index (χ1) is 9.75. The van der Waals surface area contributed by atoms with E-state index in [9.17, 15) is 0 Å². The predicted octanol–water partition coefficient (Wildman–Crippen LogP) is 3.55. The number of hydrogen-bond donors (Lipinski definition) is 2. The highest BCUT2D eigenvalue weighted by Crippen LogP contribution is 2.14. The molecule has 0 heterocycles. The molecular formula is C16H17ClN2S. The fourth-order valence-corrected chi connectivity index (χ4v) is 2.26. The molecule has 2 N–H and O–H groups in total. The first kappa shape index (κ1) is 14.8. The predicted molar refractivity (Wildman–Crippen MR) is 89.0 cm³/mol. The van der Waals surface area contributed by atoms with Gasteiger partial charge in [0.15, 0.2) is 5.11 Å². The number of nitrogens with one attached hydrogen (secondary N) is 2. The monoisotopic (exact) mass is 304 g/mol. The third-order valence-corrected chi connectivity index (χ3v) is 3.59. The van der Waals surface area contributed by atoms with E-state index in [1.165, 1.54) is 5.56 Å². The molecule has 0 atom stereocenters. The van der Waals surface area contributed by atoms with Crippen molar-refractivity contribution in [3.63, 3.8) is 0 Å². The maximum Gasteiger partial charge on any atom is 0.166 e. The minimum atomic E-state index is 0.668. The molecule has 0 aliphatic heterocycles. The van der Waals surface area contributed by atoms with Crippen LogP contribution in [0, 0.1) is 0 Å². The Hall–Kier alpha value is -1.58. The highest BCUT2D eigenvalue weighted by Gasteiger charge is 2.00. The number of hydrogen-bond acceptors (Lipinski definition) is 1. The Balaban J connectivity index is 1.69. The van der Waals surface area contributed by atoms with Gasteiger partial charge < -0.3 is 10.6 Å². The molecule has 0 aliphatic rings. The highest BCUT2D eigenvalue weighted by molar-refractivity contribution is 7.80. The molecule has 0 bridgehead atoms. The van der Waals surface area contributed by atoms with Gasteiger partial charge in [0.25, 0.3) is 0 Å². The maximum atomic E-state index is 6.10. The summed E-state index contributed by atoms with van der Waals surface area (Å²) in [7, 11) is 0. The van der Waals surface area contributed by atoms with Crippen molar-refractivity contribution < 1.29 is 0 Å². The summed E-state index contributed by atoms with van der Waals surface area (Å²) < 4.78 is 0. The first-order valence-corrected chi connectivity index (χ1v) is 7.33. The fourth-order valence-electron chi connectivity index (χ4n) is 1.85. The van der Waals surface area contributed by atoms with E-state index in [1.807, 2.05) is 42.5 Å². The van der Waals surface area contributed by atoms with Crippen LogP contribution in [0.4, 0.5) is 0 Å². The van der Waals surface area contributed by atoms with Crippen molar-refractivity contribution in [3.05, 3.63) is 70.7 Å². The molecule has 0 aliphatic carbocycles. The Morgan fingerprint density at radius 3 is 2.40 bits per heavy atom. The van der Waals surface area contributed by atoms with Gasteiger partial charge in [-0.15, -0.1) is 0 Å². The Morgan fingerprint density at radius 1 is 0.950 bits per heavy atom. The molecule has 104 valence electrons. The van der Waals surface area contributed by atoms with E-state index in [4.69, 9.17) is 23.8 Å². The minimum Gasteiger partial charge on any atom is -0.362 e. The number of thiocarbonyl (C=S) groups is 1. The molecule has 2 aromatic carbocycles. The van der Waals surface area contributed by atoms with Crippen LogP contribution in [0.2, 0.25) is 5.02 Å². The van der Waals surface area contributed by atoms with Crippen LogP contribution < -0.4 is 10.6 Å². The molecule has 0 saturated carbocycles. The molecular weight excluding hydrogens is 288 g/mol. The molecule has 0 unspecified atom stereocenters. The van der Waals surface area contributed by atoms with Gasteiger partial charge in [-0.2, -0.15) is 0 Å². The van der Waals surface area contributed by atoms with Crippen LogP contribution >= 0.6 is 23.8 Å². The Kier molecular flexibility index (Phi) is 5.84. The zero-order chi connectivity index (χ0) is 14.2. The summed E-state index contributed by atoms with van der Waals surface area (Å²) in [5.41, 5.74) is 2.34. The molecule has 0 saturated heterocycles. The Bertz CT molecular complexity index is 557. The summed E-state index contributed by atoms with van der Waals surface area (Å²) in [4.78, 5) is 0. The third kappa shape index (κ3) is 4.83. The van der Waals surface area contributed by atoms with Gasteiger partial charge in [-0.05, 0) is 35.8 Å². The van der Waals surface area contributed by atoms with Crippen LogP contribution in [0.25, 0.3) is 0 Å². The molecule has 0 amide bonds. The fraction of sp³-hybridized carbons (Fsp3) is 0.188. The van der Waals surface area contributed by atoms with Crippen LogP contribution in [0.15, 0.2) is 54.6 Å². The zero-order valence-corrected chi connectivity index (χ0v) is 12.7. The molecule has 0 radical (unpaired) electrons. The van der Waals surface area contributed by atoms with Crippen molar-refractivity contribution in [1.29, 1.82) is 0 Å². The van der Waals surface area contributed by atoms with E-state index in [-0.39, 0.29) is 0 Å². The van der Waals surface area contributed by atoms with Crippen LogP contribution in [0.5, 0.6) is 0 Å². The van der Waals surface area contributed by atoms with E-state index in [1.54, 1.807) is 0 Å². The van der Waals surface area contributed by atoms with E-state index in [2.05, 4.69) is 22.8 Å². The van der Waals surface area contributed by atoms with Gasteiger partial charge in [-0.3, -0.25) is 0 Å². The quantitative estimate of drug-likeness (QED) is 0.826. The molecule has 0 aromatic heterocycles. The number of rotatable bonds is 5. The lowest BCUT2D eigenvalue weighted by atomic mass is 10.1. The largest absolute Gasteiger partial charge is 0.362 e. The van der Waals surface area contributed by atoms with Gasteiger partial charge in [0.05, 0.1) is 0 Å². The van der Waals surface area contributed by atoms with E-state index >= 15 is 0 Å². The van der Waals surface area contributed by atoms with E-state index in [0.717, 1.165) is 30.1 Å². The second-order valence-electron chi connectivity index (χ2n) is 4.44. The van der Waals surface area contributed by atoms with Crippen LogP contribution in [0.1, 0.15) is 11.1 Å². The third-order valence-electron chi connectivity index (χ3n) is 2.93. The molecule has 4 heteroatoms. The summed E-state index contributed by atoms with van der Waals surface area (Å²) in [6, 6.07) is 18.0. The number of halogens is 1. The molecule has 0 spiro atoms.